The molecule has 0 aromatic carbocycles. The lowest BCUT2D eigenvalue weighted by Crippen LogP contribution is -2.27. The van der Waals surface area contributed by atoms with Crippen LogP contribution in [-0.4, -0.2) is 6.29 Å². The molecular formula is C11H20O. The first kappa shape index (κ1) is 9.76. The topological polar surface area (TPSA) is 17.1 Å². The molecule has 0 bridgehead atoms. The Morgan fingerprint density at radius 1 is 1.42 bits per heavy atom. The summed E-state index contributed by atoms with van der Waals surface area (Å²) in [4.78, 5) is 10.8. The van der Waals surface area contributed by atoms with Gasteiger partial charge in [-0.25, -0.2) is 0 Å². The van der Waals surface area contributed by atoms with Gasteiger partial charge in [0.25, 0.3) is 0 Å². The van der Waals surface area contributed by atoms with Crippen LogP contribution in [-0.2, 0) is 4.79 Å². The number of rotatable bonds is 3. The maximum absolute atomic E-state index is 10.8. The summed E-state index contributed by atoms with van der Waals surface area (Å²) in [6.45, 7) is 6.63. The molecule has 0 saturated heterocycles. The van der Waals surface area contributed by atoms with Crippen molar-refractivity contribution in [2.45, 2.75) is 46.5 Å². The summed E-state index contributed by atoms with van der Waals surface area (Å²) >= 11 is 0. The van der Waals surface area contributed by atoms with Crippen molar-refractivity contribution in [2.75, 3.05) is 0 Å². The van der Waals surface area contributed by atoms with Gasteiger partial charge in [0, 0.05) is 5.92 Å². The number of carbonyl (C=O) groups excluding carboxylic acids is 1. The van der Waals surface area contributed by atoms with Crippen molar-refractivity contribution in [2.24, 2.45) is 17.3 Å². The fraction of sp³-hybridized carbons (Fsp3) is 0.909. The van der Waals surface area contributed by atoms with E-state index in [1.54, 1.807) is 0 Å². The highest BCUT2D eigenvalue weighted by atomic mass is 16.1. The third-order valence-corrected chi connectivity index (χ3v) is 2.78. The van der Waals surface area contributed by atoms with Crippen molar-refractivity contribution in [3.63, 3.8) is 0 Å². The standard InChI is InChI=1S/C11H20O/c1-11(2,3)7-10(8-12)9-5-4-6-9/h8-10H,4-7H2,1-3H3. The average molecular weight is 168 g/mol. The van der Waals surface area contributed by atoms with Crippen LogP contribution < -0.4 is 0 Å². The van der Waals surface area contributed by atoms with E-state index in [0.717, 1.165) is 6.42 Å². The average Bonchev–Trinajstić information content (AvgIpc) is 1.79. The lowest BCUT2D eigenvalue weighted by atomic mass is 9.71. The van der Waals surface area contributed by atoms with Crippen molar-refractivity contribution >= 4 is 6.29 Å². The van der Waals surface area contributed by atoms with E-state index in [9.17, 15) is 4.79 Å². The molecule has 1 rings (SSSR count). The maximum atomic E-state index is 10.8. The van der Waals surface area contributed by atoms with Gasteiger partial charge in [-0.1, -0.05) is 27.2 Å². The Hall–Kier alpha value is -0.330. The van der Waals surface area contributed by atoms with Crippen LogP contribution in [0.2, 0.25) is 0 Å². The first-order valence-electron chi connectivity index (χ1n) is 4.98. The highest BCUT2D eigenvalue weighted by Gasteiger charge is 2.29. The summed E-state index contributed by atoms with van der Waals surface area (Å²) in [5, 5.41) is 0. The summed E-state index contributed by atoms with van der Waals surface area (Å²) in [5.74, 6) is 1.04. The Morgan fingerprint density at radius 2 is 2.00 bits per heavy atom. The van der Waals surface area contributed by atoms with E-state index < -0.39 is 0 Å². The van der Waals surface area contributed by atoms with Crippen LogP contribution in [0.3, 0.4) is 0 Å². The van der Waals surface area contributed by atoms with Crippen molar-refractivity contribution in [3.8, 4) is 0 Å². The number of aldehydes is 1. The fourth-order valence-corrected chi connectivity index (χ4v) is 1.90. The van der Waals surface area contributed by atoms with Crippen LogP contribution in [0.4, 0.5) is 0 Å². The molecule has 0 spiro atoms. The summed E-state index contributed by atoms with van der Waals surface area (Å²) in [6, 6.07) is 0. The van der Waals surface area contributed by atoms with Gasteiger partial charge >= 0.3 is 0 Å². The SMILES string of the molecule is CC(C)(C)CC(C=O)C1CCC1. The van der Waals surface area contributed by atoms with Gasteiger partial charge in [-0.2, -0.15) is 0 Å². The van der Waals surface area contributed by atoms with E-state index in [1.165, 1.54) is 25.5 Å². The minimum Gasteiger partial charge on any atom is -0.303 e. The van der Waals surface area contributed by atoms with E-state index in [-0.39, 0.29) is 0 Å². The van der Waals surface area contributed by atoms with Gasteiger partial charge in [-0.3, -0.25) is 0 Å². The molecule has 70 valence electrons. The second-order valence-corrected chi connectivity index (χ2v) is 5.26. The maximum Gasteiger partial charge on any atom is 0.123 e. The van der Waals surface area contributed by atoms with E-state index >= 15 is 0 Å². The lowest BCUT2D eigenvalue weighted by molar-refractivity contribution is -0.114. The molecular weight excluding hydrogens is 148 g/mol. The van der Waals surface area contributed by atoms with Gasteiger partial charge in [0.05, 0.1) is 0 Å². The zero-order valence-electron chi connectivity index (χ0n) is 8.47. The minimum atomic E-state index is 0.307. The Kier molecular flexibility index (Phi) is 2.92. The van der Waals surface area contributed by atoms with Crippen LogP contribution in [0.5, 0.6) is 0 Å². The molecule has 1 saturated carbocycles. The normalized spacial score (nSPS) is 21.6. The second-order valence-electron chi connectivity index (χ2n) is 5.26. The highest BCUT2D eigenvalue weighted by Crippen LogP contribution is 2.38. The molecule has 0 aromatic rings. The molecule has 1 fully saturated rings. The van der Waals surface area contributed by atoms with Gasteiger partial charge < -0.3 is 4.79 Å². The van der Waals surface area contributed by atoms with Gasteiger partial charge in [0.2, 0.25) is 0 Å². The second kappa shape index (κ2) is 3.59. The first-order chi connectivity index (χ1) is 5.53. The summed E-state index contributed by atoms with van der Waals surface area (Å²) in [7, 11) is 0. The lowest BCUT2D eigenvalue weighted by Gasteiger charge is -2.34. The zero-order valence-corrected chi connectivity index (χ0v) is 8.47. The van der Waals surface area contributed by atoms with Gasteiger partial charge in [0.15, 0.2) is 0 Å². The molecule has 1 atom stereocenters. The molecule has 1 unspecified atom stereocenters. The van der Waals surface area contributed by atoms with Crippen LogP contribution >= 0.6 is 0 Å². The zero-order chi connectivity index (χ0) is 9.19. The monoisotopic (exact) mass is 168 g/mol. The smallest absolute Gasteiger partial charge is 0.123 e. The molecule has 0 amide bonds. The summed E-state index contributed by atoms with van der Waals surface area (Å²) in [6.07, 6.45) is 6.12. The Morgan fingerprint density at radius 3 is 2.25 bits per heavy atom. The van der Waals surface area contributed by atoms with E-state index in [0.29, 0.717) is 17.3 Å². The predicted octanol–water partition coefficient (Wildman–Crippen LogP) is 3.04. The van der Waals surface area contributed by atoms with E-state index in [2.05, 4.69) is 20.8 Å². The highest BCUT2D eigenvalue weighted by molar-refractivity contribution is 5.54. The van der Waals surface area contributed by atoms with Crippen LogP contribution in [0.25, 0.3) is 0 Å². The third-order valence-electron chi connectivity index (χ3n) is 2.78. The number of hydrogen-bond acceptors (Lipinski definition) is 1. The number of carbonyl (C=O) groups is 1. The third kappa shape index (κ3) is 2.62. The van der Waals surface area contributed by atoms with Crippen molar-refractivity contribution in [3.05, 3.63) is 0 Å². The number of hydrogen-bond donors (Lipinski definition) is 0. The molecule has 0 aliphatic heterocycles. The molecule has 1 nitrogen and oxygen atoms in total. The van der Waals surface area contributed by atoms with E-state index in [4.69, 9.17) is 0 Å². The molecule has 1 aliphatic rings. The Labute approximate surface area is 75.5 Å². The van der Waals surface area contributed by atoms with Crippen LogP contribution in [0.15, 0.2) is 0 Å². The summed E-state index contributed by atoms with van der Waals surface area (Å²) in [5.41, 5.74) is 0.307. The Balaban J connectivity index is 2.39. The molecule has 0 radical (unpaired) electrons. The molecule has 0 N–H and O–H groups in total. The molecule has 1 aliphatic carbocycles. The molecule has 0 aromatic heterocycles. The molecule has 0 heterocycles. The van der Waals surface area contributed by atoms with Gasteiger partial charge in [-0.15, -0.1) is 0 Å². The van der Waals surface area contributed by atoms with Crippen molar-refractivity contribution in [1.29, 1.82) is 0 Å². The predicted molar refractivity (Wildman–Crippen MR) is 51.0 cm³/mol. The van der Waals surface area contributed by atoms with Gasteiger partial charge in [-0.05, 0) is 30.6 Å². The van der Waals surface area contributed by atoms with Gasteiger partial charge in [0.1, 0.15) is 6.29 Å². The van der Waals surface area contributed by atoms with E-state index in [1.807, 2.05) is 0 Å². The Bertz CT molecular complexity index is 151. The molecule has 12 heavy (non-hydrogen) atoms. The largest absolute Gasteiger partial charge is 0.303 e. The quantitative estimate of drug-likeness (QED) is 0.592. The van der Waals surface area contributed by atoms with Crippen LogP contribution in [0, 0.1) is 17.3 Å². The summed E-state index contributed by atoms with van der Waals surface area (Å²) < 4.78 is 0. The fourth-order valence-electron chi connectivity index (χ4n) is 1.90. The molecule has 1 heteroatoms. The van der Waals surface area contributed by atoms with Crippen molar-refractivity contribution < 1.29 is 4.79 Å². The minimum absolute atomic E-state index is 0.307. The van der Waals surface area contributed by atoms with Crippen molar-refractivity contribution in [1.82, 2.24) is 0 Å². The van der Waals surface area contributed by atoms with Crippen LogP contribution in [0.1, 0.15) is 46.5 Å². The first-order valence-corrected chi connectivity index (χ1v) is 4.98.